The molecule has 2 aromatic rings. The molecule has 0 bridgehead atoms. The summed E-state index contributed by atoms with van der Waals surface area (Å²) in [5, 5.41) is 2.32. The van der Waals surface area contributed by atoms with Crippen molar-refractivity contribution in [2.45, 2.75) is 6.54 Å². The predicted molar refractivity (Wildman–Crippen MR) is 60.0 cm³/mol. The minimum atomic E-state index is -1.36. The van der Waals surface area contributed by atoms with Crippen LogP contribution in [0.5, 0.6) is 0 Å². The highest BCUT2D eigenvalue weighted by atomic mass is 19.2. The molecule has 0 radical (unpaired) electrons. The summed E-state index contributed by atoms with van der Waals surface area (Å²) in [6.45, 7) is -0.302. The Labute approximate surface area is 105 Å². The number of hydrogen-bond acceptors (Lipinski definition) is 1. The Balaban J connectivity index is 2.21. The van der Waals surface area contributed by atoms with Gasteiger partial charge in [0.15, 0.2) is 23.3 Å². The second-order valence-corrected chi connectivity index (χ2v) is 3.82. The van der Waals surface area contributed by atoms with Gasteiger partial charge in [-0.2, -0.15) is 0 Å². The van der Waals surface area contributed by atoms with E-state index in [2.05, 4.69) is 5.32 Å². The first-order valence-electron chi connectivity index (χ1n) is 5.30. The lowest BCUT2D eigenvalue weighted by Crippen LogP contribution is -2.06. The molecule has 0 atom stereocenters. The van der Waals surface area contributed by atoms with Crippen LogP contribution in [0, 0.1) is 29.1 Å². The molecule has 2 rings (SSSR count). The number of halogens is 5. The molecule has 0 heterocycles. The average Bonchev–Trinajstić information content (AvgIpc) is 2.36. The molecule has 0 amide bonds. The highest BCUT2D eigenvalue weighted by Crippen LogP contribution is 2.20. The highest BCUT2D eigenvalue weighted by Gasteiger charge is 2.12. The van der Waals surface area contributed by atoms with Gasteiger partial charge in [-0.15, -0.1) is 0 Å². The molecule has 0 unspecified atom stereocenters. The van der Waals surface area contributed by atoms with Gasteiger partial charge in [-0.1, -0.05) is 12.1 Å². The summed E-state index contributed by atoms with van der Waals surface area (Å²) in [5.41, 5.74) is -0.537. The molecule has 1 N–H and O–H groups in total. The first kappa shape index (κ1) is 13.3. The number of nitrogens with one attached hydrogen (secondary N) is 1. The SMILES string of the molecule is Fc1cc(F)c(F)c(NCc2cccc(F)c2F)c1. The van der Waals surface area contributed by atoms with Gasteiger partial charge in [0.2, 0.25) is 0 Å². The van der Waals surface area contributed by atoms with E-state index >= 15 is 0 Å². The fourth-order valence-corrected chi connectivity index (χ4v) is 1.56. The molecule has 0 aromatic heterocycles. The summed E-state index contributed by atoms with van der Waals surface area (Å²) in [7, 11) is 0. The summed E-state index contributed by atoms with van der Waals surface area (Å²) < 4.78 is 65.3. The van der Waals surface area contributed by atoms with Crippen LogP contribution in [0.4, 0.5) is 27.6 Å². The van der Waals surface area contributed by atoms with Gasteiger partial charge in [-0.3, -0.25) is 0 Å². The Kier molecular flexibility index (Phi) is 3.69. The third-order valence-corrected chi connectivity index (χ3v) is 2.49. The van der Waals surface area contributed by atoms with E-state index in [0.29, 0.717) is 6.07 Å². The van der Waals surface area contributed by atoms with Crippen molar-refractivity contribution in [3.05, 3.63) is 65.0 Å². The molecular formula is C13H8F5N. The van der Waals surface area contributed by atoms with Crippen LogP contribution in [-0.4, -0.2) is 0 Å². The van der Waals surface area contributed by atoms with Crippen molar-refractivity contribution in [1.29, 1.82) is 0 Å². The minimum Gasteiger partial charge on any atom is -0.378 e. The Hall–Kier alpha value is -2.11. The zero-order valence-corrected chi connectivity index (χ0v) is 9.48. The van der Waals surface area contributed by atoms with Crippen molar-refractivity contribution >= 4 is 5.69 Å². The Bertz CT molecular complexity index is 612. The molecular weight excluding hydrogens is 265 g/mol. The first-order valence-corrected chi connectivity index (χ1v) is 5.30. The van der Waals surface area contributed by atoms with E-state index in [1.54, 1.807) is 0 Å². The number of rotatable bonds is 3. The molecule has 6 heteroatoms. The molecule has 0 fully saturated rings. The van der Waals surface area contributed by atoms with Gasteiger partial charge in [0, 0.05) is 24.2 Å². The quantitative estimate of drug-likeness (QED) is 0.658. The van der Waals surface area contributed by atoms with E-state index in [1.165, 1.54) is 12.1 Å². The van der Waals surface area contributed by atoms with Gasteiger partial charge in [0.05, 0.1) is 5.69 Å². The average molecular weight is 273 g/mol. The Morgan fingerprint density at radius 1 is 0.842 bits per heavy atom. The molecule has 0 aliphatic heterocycles. The number of benzene rings is 2. The van der Waals surface area contributed by atoms with Crippen molar-refractivity contribution in [3.8, 4) is 0 Å². The largest absolute Gasteiger partial charge is 0.378 e. The summed E-state index contributed by atoms with van der Waals surface area (Å²) in [5.74, 6) is -5.75. The van der Waals surface area contributed by atoms with Crippen LogP contribution in [-0.2, 0) is 6.54 Å². The molecule has 0 saturated carbocycles. The van der Waals surface area contributed by atoms with Crippen molar-refractivity contribution in [3.63, 3.8) is 0 Å². The van der Waals surface area contributed by atoms with Crippen LogP contribution in [0.3, 0.4) is 0 Å². The topological polar surface area (TPSA) is 12.0 Å². The minimum absolute atomic E-state index is 0.0796. The third-order valence-electron chi connectivity index (χ3n) is 2.49. The van der Waals surface area contributed by atoms with E-state index in [9.17, 15) is 22.0 Å². The monoisotopic (exact) mass is 273 g/mol. The lowest BCUT2D eigenvalue weighted by molar-refractivity contribution is 0.494. The summed E-state index contributed by atoms with van der Waals surface area (Å²) in [4.78, 5) is 0. The van der Waals surface area contributed by atoms with E-state index in [0.717, 1.165) is 12.1 Å². The summed E-state index contributed by atoms with van der Waals surface area (Å²) >= 11 is 0. The highest BCUT2D eigenvalue weighted by molar-refractivity contribution is 5.46. The number of hydrogen-bond donors (Lipinski definition) is 1. The van der Waals surface area contributed by atoms with Gasteiger partial charge in [0.1, 0.15) is 5.82 Å². The molecule has 0 saturated heterocycles. The Morgan fingerprint density at radius 2 is 1.58 bits per heavy atom. The lowest BCUT2D eigenvalue weighted by Gasteiger charge is -2.09. The molecule has 1 nitrogen and oxygen atoms in total. The Morgan fingerprint density at radius 3 is 2.32 bits per heavy atom. The van der Waals surface area contributed by atoms with Gasteiger partial charge in [0.25, 0.3) is 0 Å². The molecule has 19 heavy (non-hydrogen) atoms. The normalized spacial score (nSPS) is 10.6. The van der Waals surface area contributed by atoms with Crippen LogP contribution >= 0.6 is 0 Å². The molecule has 0 aliphatic carbocycles. The van der Waals surface area contributed by atoms with Crippen LogP contribution < -0.4 is 5.32 Å². The van der Waals surface area contributed by atoms with E-state index < -0.39 is 34.8 Å². The van der Waals surface area contributed by atoms with Crippen LogP contribution in [0.15, 0.2) is 30.3 Å². The molecule has 0 aliphatic rings. The molecule has 2 aromatic carbocycles. The van der Waals surface area contributed by atoms with Crippen LogP contribution in [0.2, 0.25) is 0 Å². The van der Waals surface area contributed by atoms with Crippen LogP contribution in [0.1, 0.15) is 5.56 Å². The van der Waals surface area contributed by atoms with Crippen molar-refractivity contribution in [2.24, 2.45) is 0 Å². The predicted octanol–water partition coefficient (Wildman–Crippen LogP) is 3.99. The number of anilines is 1. The maximum absolute atomic E-state index is 13.3. The second-order valence-electron chi connectivity index (χ2n) is 3.82. The van der Waals surface area contributed by atoms with E-state index in [1.807, 2.05) is 0 Å². The van der Waals surface area contributed by atoms with Crippen LogP contribution in [0.25, 0.3) is 0 Å². The van der Waals surface area contributed by atoms with Crippen molar-refractivity contribution < 1.29 is 22.0 Å². The summed E-state index contributed by atoms with van der Waals surface area (Å²) in [6.07, 6.45) is 0. The fraction of sp³-hybridized carbons (Fsp3) is 0.0769. The van der Waals surface area contributed by atoms with Crippen molar-refractivity contribution in [1.82, 2.24) is 0 Å². The fourth-order valence-electron chi connectivity index (χ4n) is 1.56. The van der Waals surface area contributed by atoms with Gasteiger partial charge >= 0.3 is 0 Å². The maximum Gasteiger partial charge on any atom is 0.182 e. The van der Waals surface area contributed by atoms with Crippen molar-refractivity contribution in [2.75, 3.05) is 5.32 Å². The zero-order valence-electron chi connectivity index (χ0n) is 9.48. The van der Waals surface area contributed by atoms with E-state index in [-0.39, 0.29) is 12.1 Å². The van der Waals surface area contributed by atoms with E-state index in [4.69, 9.17) is 0 Å². The third kappa shape index (κ3) is 2.83. The molecule has 0 spiro atoms. The first-order chi connectivity index (χ1) is 8.99. The maximum atomic E-state index is 13.3. The standard InChI is InChI=1S/C13H8F5N/c14-8-4-10(16)13(18)11(5-8)19-6-7-2-1-3-9(15)12(7)17/h1-5,19H,6H2. The second kappa shape index (κ2) is 5.26. The zero-order chi connectivity index (χ0) is 14.0. The van der Waals surface area contributed by atoms with Gasteiger partial charge in [-0.25, -0.2) is 22.0 Å². The lowest BCUT2D eigenvalue weighted by atomic mass is 10.2. The van der Waals surface area contributed by atoms with Gasteiger partial charge < -0.3 is 5.32 Å². The van der Waals surface area contributed by atoms with Gasteiger partial charge in [-0.05, 0) is 6.07 Å². The molecule has 100 valence electrons. The summed E-state index contributed by atoms with van der Waals surface area (Å²) in [6, 6.07) is 4.61. The smallest absolute Gasteiger partial charge is 0.182 e.